The van der Waals surface area contributed by atoms with Crippen molar-refractivity contribution in [1.29, 1.82) is 0 Å². The van der Waals surface area contributed by atoms with Crippen LogP contribution in [0.4, 0.5) is 0 Å². The molecule has 2 heteroatoms. The standard InChI is InChI=1S/C23H19ClO/c24-21-12-10-17(11-13-21)22(16-6-2-1-3-7-16)23(25)20-14-18-8-4-5-9-19(18)15-20/h1-13,20,22H,14-15H2. The van der Waals surface area contributed by atoms with Crippen LogP contribution in [0.3, 0.4) is 0 Å². The number of rotatable bonds is 4. The molecule has 1 unspecified atom stereocenters. The van der Waals surface area contributed by atoms with Crippen LogP contribution >= 0.6 is 11.6 Å². The maximum atomic E-state index is 13.5. The number of ketones is 1. The maximum Gasteiger partial charge on any atom is 0.148 e. The zero-order valence-electron chi connectivity index (χ0n) is 13.9. The van der Waals surface area contributed by atoms with Gasteiger partial charge in [-0.25, -0.2) is 0 Å². The number of hydrogen-bond acceptors (Lipinski definition) is 1. The molecule has 0 radical (unpaired) electrons. The highest BCUT2D eigenvalue weighted by Gasteiger charge is 2.33. The highest BCUT2D eigenvalue weighted by molar-refractivity contribution is 6.30. The molecule has 0 heterocycles. The molecule has 0 aromatic heterocycles. The molecule has 0 N–H and O–H groups in total. The van der Waals surface area contributed by atoms with E-state index in [4.69, 9.17) is 11.6 Å². The largest absolute Gasteiger partial charge is 0.298 e. The topological polar surface area (TPSA) is 17.1 Å². The van der Waals surface area contributed by atoms with Gasteiger partial charge in [-0.15, -0.1) is 0 Å². The van der Waals surface area contributed by atoms with Gasteiger partial charge in [0.2, 0.25) is 0 Å². The Bertz CT molecular complexity index is 858. The van der Waals surface area contributed by atoms with E-state index >= 15 is 0 Å². The summed E-state index contributed by atoms with van der Waals surface area (Å²) in [6, 6.07) is 26.1. The van der Waals surface area contributed by atoms with Crippen LogP contribution in [-0.2, 0) is 17.6 Å². The number of carbonyl (C=O) groups excluding carboxylic acids is 1. The molecule has 0 spiro atoms. The van der Waals surface area contributed by atoms with Crippen molar-refractivity contribution in [3.05, 3.63) is 106 Å². The second-order valence-corrected chi connectivity index (χ2v) is 7.11. The lowest BCUT2D eigenvalue weighted by Gasteiger charge is -2.20. The van der Waals surface area contributed by atoms with Crippen LogP contribution in [0.2, 0.25) is 5.02 Å². The summed E-state index contributed by atoms with van der Waals surface area (Å²) in [6.07, 6.45) is 1.68. The Hall–Kier alpha value is -2.38. The summed E-state index contributed by atoms with van der Waals surface area (Å²) >= 11 is 6.05. The van der Waals surface area contributed by atoms with Crippen molar-refractivity contribution in [1.82, 2.24) is 0 Å². The SMILES string of the molecule is O=C(C1Cc2ccccc2C1)C(c1ccccc1)c1ccc(Cl)cc1. The quantitative estimate of drug-likeness (QED) is 0.613. The van der Waals surface area contributed by atoms with Crippen LogP contribution in [0.5, 0.6) is 0 Å². The van der Waals surface area contributed by atoms with Crippen molar-refractivity contribution in [2.24, 2.45) is 5.92 Å². The van der Waals surface area contributed by atoms with Crippen LogP contribution in [-0.4, -0.2) is 5.78 Å². The first kappa shape index (κ1) is 16.1. The molecule has 0 saturated carbocycles. The molecule has 124 valence electrons. The maximum absolute atomic E-state index is 13.5. The smallest absolute Gasteiger partial charge is 0.148 e. The van der Waals surface area contributed by atoms with Gasteiger partial charge >= 0.3 is 0 Å². The van der Waals surface area contributed by atoms with E-state index in [0.717, 1.165) is 24.0 Å². The summed E-state index contributed by atoms with van der Waals surface area (Å²) in [6.45, 7) is 0. The molecule has 1 atom stereocenters. The molecule has 3 aromatic carbocycles. The number of halogens is 1. The molecular weight excluding hydrogens is 328 g/mol. The van der Waals surface area contributed by atoms with Crippen LogP contribution < -0.4 is 0 Å². The number of hydrogen-bond donors (Lipinski definition) is 0. The minimum absolute atomic E-state index is 0.0401. The van der Waals surface area contributed by atoms with E-state index in [-0.39, 0.29) is 11.8 Å². The molecule has 0 aliphatic heterocycles. The van der Waals surface area contributed by atoms with Crippen LogP contribution in [0, 0.1) is 5.92 Å². The Morgan fingerprint density at radius 3 is 1.88 bits per heavy atom. The van der Waals surface area contributed by atoms with Crippen molar-refractivity contribution >= 4 is 17.4 Å². The van der Waals surface area contributed by atoms with E-state index in [1.54, 1.807) is 0 Å². The molecule has 0 saturated heterocycles. The van der Waals surface area contributed by atoms with Crippen LogP contribution in [0.15, 0.2) is 78.9 Å². The van der Waals surface area contributed by atoms with Gasteiger partial charge in [-0.1, -0.05) is 78.3 Å². The third kappa shape index (κ3) is 3.25. The lowest BCUT2D eigenvalue weighted by Crippen LogP contribution is -2.23. The Balaban J connectivity index is 1.69. The Morgan fingerprint density at radius 2 is 1.28 bits per heavy atom. The minimum Gasteiger partial charge on any atom is -0.298 e. The van der Waals surface area contributed by atoms with Gasteiger partial charge in [-0.3, -0.25) is 4.79 Å². The van der Waals surface area contributed by atoms with Crippen molar-refractivity contribution in [2.45, 2.75) is 18.8 Å². The highest BCUT2D eigenvalue weighted by atomic mass is 35.5. The van der Waals surface area contributed by atoms with Gasteiger partial charge < -0.3 is 0 Å². The zero-order valence-corrected chi connectivity index (χ0v) is 14.6. The van der Waals surface area contributed by atoms with Crippen molar-refractivity contribution in [3.63, 3.8) is 0 Å². The third-order valence-electron chi connectivity index (χ3n) is 5.07. The molecule has 3 aromatic rings. The number of fused-ring (bicyclic) bond motifs is 1. The molecule has 0 fully saturated rings. The van der Waals surface area contributed by atoms with E-state index < -0.39 is 0 Å². The van der Waals surface area contributed by atoms with Gasteiger partial charge in [0, 0.05) is 10.9 Å². The molecule has 0 bridgehead atoms. The molecule has 25 heavy (non-hydrogen) atoms. The second kappa shape index (κ2) is 6.85. The number of carbonyl (C=O) groups is 1. The van der Waals surface area contributed by atoms with Gasteiger partial charge in [0.15, 0.2) is 0 Å². The molecule has 1 aliphatic carbocycles. The second-order valence-electron chi connectivity index (χ2n) is 6.67. The minimum atomic E-state index is -0.238. The van der Waals surface area contributed by atoms with Gasteiger partial charge in [-0.05, 0) is 47.2 Å². The fourth-order valence-corrected chi connectivity index (χ4v) is 3.94. The molecule has 4 rings (SSSR count). The van der Waals surface area contributed by atoms with Gasteiger partial charge in [0.05, 0.1) is 5.92 Å². The summed E-state index contributed by atoms with van der Waals surface area (Å²) < 4.78 is 0. The summed E-state index contributed by atoms with van der Waals surface area (Å²) in [4.78, 5) is 13.5. The first-order valence-electron chi connectivity index (χ1n) is 8.63. The third-order valence-corrected chi connectivity index (χ3v) is 5.33. The van der Waals surface area contributed by atoms with E-state index in [0.29, 0.717) is 10.8 Å². The predicted octanol–water partition coefficient (Wildman–Crippen LogP) is 5.46. The monoisotopic (exact) mass is 346 g/mol. The summed E-state index contributed by atoms with van der Waals surface area (Å²) in [5.41, 5.74) is 4.68. The summed E-state index contributed by atoms with van der Waals surface area (Å²) in [5, 5.41) is 0.691. The average Bonchev–Trinajstić information content (AvgIpc) is 3.09. The fraction of sp³-hybridized carbons (Fsp3) is 0.174. The van der Waals surface area contributed by atoms with Crippen molar-refractivity contribution in [3.8, 4) is 0 Å². The number of benzene rings is 3. The summed E-state index contributed by atoms with van der Waals surface area (Å²) in [5.74, 6) is 0.0979. The fourth-order valence-electron chi connectivity index (χ4n) is 3.82. The van der Waals surface area contributed by atoms with E-state index in [1.807, 2.05) is 54.6 Å². The number of Topliss-reactive ketones (excluding diaryl/α,β-unsaturated/α-hetero) is 1. The zero-order chi connectivity index (χ0) is 17.2. The highest BCUT2D eigenvalue weighted by Crippen LogP contribution is 2.35. The molecule has 0 amide bonds. The Morgan fingerprint density at radius 1 is 0.760 bits per heavy atom. The predicted molar refractivity (Wildman–Crippen MR) is 102 cm³/mol. The first-order chi connectivity index (χ1) is 12.2. The average molecular weight is 347 g/mol. The van der Waals surface area contributed by atoms with Gasteiger partial charge in [-0.2, -0.15) is 0 Å². The van der Waals surface area contributed by atoms with Gasteiger partial charge in [0.25, 0.3) is 0 Å². The lowest BCUT2D eigenvalue weighted by atomic mass is 9.81. The van der Waals surface area contributed by atoms with Gasteiger partial charge in [0.1, 0.15) is 5.78 Å². The van der Waals surface area contributed by atoms with Crippen molar-refractivity contribution < 1.29 is 4.79 Å². The van der Waals surface area contributed by atoms with Crippen molar-refractivity contribution in [2.75, 3.05) is 0 Å². The Labute approximate surface area is 153 Å². The molecule has 1 nitrogen and oxygen atoms in total. The Kier molecular flexibility index (Phi) is 4.42. The van der Waals surface area contributed by atoms with E-state index in [2.05, 4.69) is 24.3 Å². The van der Waals surface area contributed by atoms with Crippen LogP contribution in [0.25, 0.3) is 0 Å². The summed E-state index contributed by atoms with van der Waals surface area (Å²) in [7, 11) is 0. The molecular formula is C23H19ClO. The lowest BCUT2D eigenvalue weighted by molar-refractivity contribution is -0.123. The van der Waals surface area contributed by atoms with E-state index in [9.17, 15) is 4.79 Å². The van der Waals surface area contributed by atoms with Crippen LogP contribution in [0.1, 0.15) is 28.2 Å². The first-order valence-corrected chi connectivity index (χ1v) is 9.01. The van der Waals surface area contributed by atoms with E-state index in [1.165, 1.54) is 11.1 Å². The normalized spacial score (nSPS) is 14.9. The molecule has 1 aliphatic rings.